The molecular weight excluding hydrogens is 346 g/mol. The van der Waals surface area contributed by atoms with Gasteiger partial charge in [-0.2, -0.15) is 0 Å². The number of aromatic nitrogens is 1. The predicted molar refractivity (Wildman–Crippen MR) is 93.6 cm³/mol. The van der Waals surface area contributed by atoms with Gasteiger partial charge in [-0.1, -0.05) is 66.4 Å². The topological polar surface area (TPSA) is 30.0 Å². The number of pyridine rings is 1. The van der Waals surface area contributed by atoms with Crippen molar-refractivity contribution in [3.05, 3.63) is 72.3 Å². The number of nitrogens with zero attached hydrogens (tertiary/aromatic N) is 1. The molecule has 0 unspecified atom stereocenters. The molecule has 0 amide bonds. The summed E-state index contributed by atoms with van der Waals surface area (Å²) in [7, 11) is 0. The molecule has 0 aliphatic carbocycles. The first-order valence-electron chi connectivity index (χ1n) is 6.40. The summed E-state index contributed by atoms with van der Waals surface area (Å²) < 4.78 is 0. The van der Waals surface area contributed by atoms with E-state index in [-0.39, 0.29) is 22.8 Å². The molecule has 0 spiro atoms. The monoisotopic (exact) mass is 359 g/mol. The van der Waals surface area contributed by atoms with Gasteiger partial charge in [0.1, 0.15) is 0 Å². The zero-order chi connectivity index (χ0) is 13.8. The van der Waals surface area contributed by atoms with Crippen LogP contribution in [0.15, 0.2) is 71.8 Å². The van der Waals surface area contributed by atoms with Crippen LogP contribution in [0, 0.1) is 0 Å². The van der Waals surface area contributed by atoms with E-state index in [2.05, 4.69) is 4.98 Å². The molecule has 1 heterocycles. The molecule has 0 fully saturated rings. The van der Waals surface area contributed by atoms with Crippen LogP contribution >= 0.6 is 28.7 Å². The third-order valence-electron chi connectivity index (χ3n) is 3.02. The maximum atomic E-state index is 12.0. The fourth-order valence-electron chi connectivity index (χ4n) is 1.97. The highest BCUT2D eigenvalue weighted by Crippen LogP contribution is 2.20. The van der Waals surface area contributed by atoms with E-state index in [0.717, 1.165) is 21.5 Å². The van der Waals surface area contributed by atoms with Crippen molar-refractivity contribution in [3.63, 3.8) is 0 Å². The number of hydrogen-bond donors (Lipinski definition) is 0. The first-order chi connectivity index (χ1) is 9.83. The number of thioether (sulfide) groups is 1. The number of hydrogen-bond acceptors (Lipinski definition) is 3. The van der Waals surface area contributed by atoms with Crippen LogP contribution in [0.5, 0.6) is 0 Å². The van der Waals surface area contributed by atoms with E-state index in [4.69, 9.17) is 0 Å². The molecule has 4 heteroatoms. The zero-order valence-electron chi connectivity index (χ0n) is 11.2. The molecule has 2 nitrogen and oxygen atoms in total. The second kappa shape index (κ2) is 7.38. The molecule has 0 saturated carbocycles. The molecule has 106 valence electrons. The van der Waals surface area contributed by atoms with Crippen LogP contribution in [0.1, 0.15) is 10.4 Å². The zero-order valence-corrected chi connectivity index (χ0v) is 13.8. The summed E-state index contributed by atoms with van der Waals surface area (Å²) in [5, 5.41) is 2.00. The number of carbonyl (C=O) groups is 1. The molecule has 0 atom stereocenters. The number of fused-ring (bicyclic) bond motifs is 1. The Morgan fingerprint density at radius 2 is 1.62 bits per heavy atom. The molecule has 0 N–H and O–H groups in total. The molecule has 3 aromatic rings. The summed E-state index contributed by atoms with van der Waals surface area (Å²) in [6, 6.07) is 21.3. The molecule has 1 aromatic heterocycles. The highest BCUT2D eigenvalue weighted by Gasteiger charge is 2.06. The maximum Gasteiger partial charge on any atom is 0.173 e. The highest BCUT2D eigenvalue weighted by atomic mass is 79.9. The van der Waals surface area contributed by atoms with Crippen molar-refractivity contribution in [2.75, 3.05) is 5.75 Å². The Labute approximate surface area is 138 Å². The second-order valence-electron chi connectivity index (χ2n) is 4.42. The third-order valence-corrected chi connectivity index (χ3v) is 3.95. The number of ketones is 1. The normalized spacial score (nSPS) is 10.1. The third kappa shape index (κ3) is 3.93. The number of carbonyl (C=O) groups excluding carboxylic acids is 1. The van der Waals surface area contributed by atoms with Gasteiger partial charge >= 0.3 is 0 Å². The molecule has 0 saturated heterocycles. The van der Waals surface area contributed by atoms with Crippen LogP contribution in [0.3, 0.4) is 0 Å². The summed E-state index contributed by atoms with van der Waals surface area (Å²) in [5.41, 5.74) is 1.71. The van der Waals surface area contributed by atoms with Crippen molar-refractivity contribution in [2.24, 2.45) is 0 Å². The van der Waals surface area contributed by atoms with Crippen LogP contribution in [0.4, 0.5) is 0 Å². The molecule has 21 heavy (non-hydrogen) atoms. The number of rotatable bonds is 4. The Bertz CT molecular complexity index is 746. The van der Waals surface area contributed by atoms with Gasteiger partial charge in [-0.3, -0.25) is 4.79 Å². The highest BCUT2D eigenvalue weighted by molar-refractivity contribution is 8.93. The standard InChI is InChI=1S/C17H13NOS.BrH/c19-16(14-7-2-1-3-8-14)12-20-17-11-10-13-6-4-5-9-15(13)18-17;/h1-11H,12H2;1H. The summed E-state index contributed by atoms with van der Waals surface area (Å²) in [4.78, 5) is 16.6. The van der Waals surface area contributed by atoms with Gasteiger partial charge in [0, 0.05) is 10.9 Å². The van der Waals surface area contributed by atoms with Gasteiger partial charge in [-0.05, 0) is 12.1 Å². The van der Waals surface area contributed by atoms with Crippen LogP contribution < -0.4 is 0 Å². The fraction of sp³-hybridized carbons (Fsp3) is 0.0588. The van der Waals surface area contributed by atoms with Crippen molar-refractivity contribution in [2.45, 2.75) is 5.03 Å². The molecule has 2 aromatic carbocycles. The Balaban J connectivity index is 0.00000161. The van der Waals surface area contributed by atoms with Gasteiger partial charge in [0.25, 0.3) is 0 Å². The van der Waals surface area contributed by atoms with Crippen molar-refractivity contribution in [3.8, 4) is 0 Å². The summed E-state index contributed by atoms with van der Waals surface area (Å²) in [5.74, 6) is 0.542. The van der Waals surface area contributed by atoms with E-state index >= 15 is 0 Å². The van der Waals surface area contributed by atoms with E-state index in [1.54, 1.807) is 0 Å². The molecule has 0 aliphatic heterocycles. The Morgan fingerprint density at radius 1 is 0.905 bits per heavy atom. The first kappa shape index (κ1) is 15.7. The lowest BCUT2D eigenvalue weighted by Crippen LogP contribution is -2.02. The van der Waals surface area contributed by atoms with Gasteiger partial charge in [0.2, 0.25) is 0 Å². The van der Waals surface area contributed by atoms with Crippen LogP contribution in [0.2, 0.25) is 0 Å². The van der Waals surface area contributed by atoms with Gasteiger partial charge in [0.05, 0.1) is 16.3 Å². The Morgan fingerprint density at radius 3 is 2.43 bits per heavy atom. The van der Waals surface area contributed by atoms with Gasteiger partial charge in [-0.25, -0.2) is 4.98 Å². The number of Topliss-reactive ketones (excluding diaryl/α,β-unsaturated/α-hetero) is 1. The summed E-state index contributed by atoms with van der Waals surface area (Å²) in [6.07, 6.45) is 0. The van der Waals surface area contributed by atoms with Crippen LogP contribution in [0.25, 0.3) is 10.9 Å². The Hall–Kier alpha value is -1.65. The lowest BCUT2D eigenvalue weighted by molar-refractivity contribution is 0.102. The minimum absolute atomic E-state index is 0. The average molecular weight is 360 g/mol. The fourth-order valence-corrected chi connectivity index (χ4v) is 2.75. The number of para-hydroxylation sites is 1. The first-order valence-corrected chi connectivity index (χ1v) is 7.38. The lowest BCUT2D eigenvalue weighted by Gasteiger charge is -2.03. The number of benzene rings is 2. The predicted octanol–water partition coefficient (Wildman–Crippen LogP) is 4.79. The van der Waals surface area contributed by atoms with E-state index in [1.165, 1.54) is 11.8 Å². The van der Waals surface area contributed by atoms with Crippen molar-refractivity contribution in [1.29, 1.82) is 0 Å². The lowest BCUT2D eigenvalue weighted by atomic mass is 10.2. The quantitative estimate of drug-likeness (QED) is 0.495. The minimum atomic E-state index is 0. The van der Waals surface area contributed by atoms with Crippen LogP contribution in [-0.4, -0.2) is 16.5 Å². The summed E-state index contributed by atoms with van der Waals surface area (Å²) in [6.45, 7) is 0. The second-order valence-corrected chi connectivity index (χ2v) is 5.42. The molecule has 3 rings (SSSR count). The van der Waals surface area contributed by atoms with E-state index < -0.39 is 0 Å². The molecule has 0 radical (unpaired) electrons. The van der Waals surface area contributed by atoms with Crippen molar-refractivity contribution in [1.82, 2.24) is 4.98 Å². The molecular formula is C17H14BrNOS. The SMILES string of the molecule is Br.O=C(CSc1ccc2ccccc2n1)c1ccccc1. The molecule has 0 bridgehead atoms. The smallest absolute Gasteiger partial charge is 0.173 e. The summed E-state index contributed by atoms with van der Waals surface area (Å²) >= 11 is 1.48. The van der Waals surface area contributed by atoms with E-state index in [9.17, 15) is 4.79 Å². The van der Waals surface area contributed by atoms with Gasteiger partial charge in [0.15, 0.2) is 5.78 Å². The van der Waals surface area contributed by atoms with Crippen molar-refractivity contribution < 1.29 is 4.79 Å². The van der Waals surface area contributed by atoms with E-state index in [0.29, 0.717) is 5.75 Å². The van der Waals surface area contributed by atoms with Gasteiger partial charge < -0.3 is 0 Å². The average Bonchev–Trinajstić information content (AvgIpc) is 2.53. The minimum Gasteiger partial charge on any atom is -0.293 e. The van der Waals surface area contributed by atoms with Gasteiger partial charge in [-0.15, -0.1) is 17.0 Å². The maximum absolute atomic E-state index is 12.0. The Kier molecular flexibility index (Phi) is 5.53. The van der Waals surface area contributed by atoms with Crippen LogP contribution in [-0.2, 0) is 0 Å². The van der Waals surface area contributed by atoms with Crippen molar-refractivity contribution >= 4 is 45.4 Å². The largest absolute Gasteiger partial charge is 0.293 e. The van der Waals surface area contributed by atoms with E-state index in [1.807, 2.05) is 66.7 Å². The molecule has 0 aliphatic rings. The number of halogens is 1.